The van der Waals surface area contributed by atoms with E-state index in [1.807, 2.05) is 30.3 Å². The number of carbonyl (C=O) groups is 1. The van der Waals surface area contributed by atoms with Crippen LogP contribution in [-0.4, -0.2) is 40.8 Å². The highest BCUT2D eigenvalue weighted by Gasteiger charge is 2.37. The molecule has 1 aromatic carbocycles. The van der Waals surface area contributed by atoms with Gasteiger partial charge in [0, 0.05) is 38.1 Å². The predicted octanol–water partition coefficient (Wildman–Crippen LogP) is 6.60. The number of benzene rings is 1. The number of carboxylic acid groups (broad SMARTS) is 1. The molecule has 0 aliphatic heterocycles. The van der Waals surface area contributed by atoms with E-state index in [4.69, 9.17) is 5.11 Å². The van der Waals surface area contributed by atoms with Crippen LogP contribution in [0.4, 0.5) is 13.2 Å². The topological polar surface area (TPSA) is 66.4 Å². The van der Waals surface area contributed by atoms with Crippen LogP contribution in [0, 0.1) is 0 Å². The molecule has 0 saturated carbocycles. The fourth-order valence-electron chi connectivity index (χ4n) is 2.21. The number of thiophene rings is 1. The summed E-state index contributed by atoms with van der Waals surface area (Å²) in [6.07, 6.45) is -0.0520. The molecule has 2 unspecified atom stereocenters. The van der Waals surface area contributed by atoms with Gasteiger partial charge in [0.2, 0.25) is 0 Å². The highest BCUT2D eigenvalue weighted by Crippen LogP contribution is 2.33. The number of aliphatic carboxylic acids is 1. The van der Waals surface area contributed by atoms with Crippen molar-refractivity contribution in [2.75, 3.05) is 13.3 Å². The zero-order valence-electron chi connectivity index (χ0n) is 19.2. The molecular weight excluding hydrogens is 459 g/mol. The SMILES string of the molecule is CCC.CCC(=O)O.CNC(/C=C(\C)c1ccc(-c2cccc(S(C)=O)c2)s1)C(F)(F)F. The molecule has 0 radical (unpaired) electrons. The normalized spacial score (nSPS) is 13.2. The second-order valence-electron chi connectivity index (χ2n) is 6.76. The van der Waals surface area contributed by atoms with E-state index in [1.165, 1.54) is 30.9 Å². The molecule has 1 heterocycles. The lowest BCUT2D eigenvalue weighted by molar-refractivity contribution is -0.143. The van der Waals surface area contributed by atoms with Gasteiger partial charge >= 0.3 is 12.1 Å². The number of halogens is 3. The van der Waals surface area contributed by atoms with Gasteiger partial charge in [-0.3, -0.25) is 9.00 Å². The van der Waals surface area contributed by atoms with E-state index in [2.05, 4.69) is 19.2 Å². The minimum absolute atomic E-state index is 0.222. The molecule has 0 amide bonds. The van der Waals surface area contributed by atoms with Crippen molar-refractivity contribution in [3.8, 4) is 10.4 Å². The summed E-state index contributed by atoms with van der Waals surface area (Å²) >= 11 is 1.42. The van der Waals surface area contributed by atoms with Gasteiger partial charge in [0.15, 0.2) is 0 Å². The van der Waals surface area contributed by atoms with E-state index in [9.17, 15) is 22.2 Å². The Kier molecular flexibility index (Phi) is 14.1. The van der Waals surface area contributed by atoms with Crippen LogP contribution in [-0.2, 0) is 15.6 Å². The predicted molar refractivity (Wildman–Crippen MR) is 129 cm³/mol. The quantitative estimate of drug-likeness (QED) is 0.478. The van der Waals surface area contributed by atoms with Crippen LogP contribution in [0.15, 0.2) is 47.4 Å². The van der Waals surface area contributed by atoms with Gasteiger partial charge in [-0.15, -0.1) is 11.3 Å². The van der Waals surface area contributed by atoms with E-state index < -0.39 is 29.0 Å². The third-order valence-corrected chi connectivity index (χ3v) is 6.02. The average Bonchev–Trinajstić information content (AvgIpc) is 3.22. The van der Waals surface area contributed by atoms with Crippen molar-refractivity contribution in [3.63, 3.8) is 0 Å². The molecule has 4 nitrogen and oxygen atoms in total. The summed E-state index contributed by atoms with van der Waals surface area (Å²) in [6.45, 7) is 7.52. The Morgan fingerprint density at radius 3 is 2.22 bits per heavy atom. The van der Waals surface area contributed by atoms with Crippen molar-refractivity contribution in [1.29, 1.82) is 0 Å². The Morgan fingerprint density at radius 2 is 1.78 bits per heavy atom. The molecule has 0 aliphatic rings. The molecule has 180 valence electrons. The minimum Gasteiger partial charge on any atom is -0.481 e. The van der Waals surface area contributed by atoms with Gasteiger partial charge < -0.3 is 10.4 Å². The average molecular weight is 492 g/mol. The second-order valence-corrected chi connectivity index (χ2v) is 9.22. The molecule has 1 aromatic heterocycles. The van der Waals surface area contributed by atoms with Crippen LogP contribution in [0.3, 0.4) is 0 Å². The van der Waals surface area contributed by atoms with Crippen LogP contribution >= 0.6 is 11.3 Å². The summed E-state index contributed by atoms with van der Waals surface area (Å²) in [7, 11) is 0.216. The number of rotatable bonds is 6. The highest BCUT2D eigenvalue weighted by molar-refractivity contribution is 7.84. The van der Waals surface area contributed by atoms with E-state index >= 15 is 0 Å². The van der Waals surface area contributed by atoms with E-state index in [0.29, 0.717) is 5.57 Å². The van der Waals surface area contributed by atoms with E-state index in [1.54, 1.807) is 26.2 Å². The zero-order chi connectivity index (χ0) is 24.9. The maximum absolute atomic E-state index is 12.9. The van der Waals surface area contributed by atoms with Crippen molar-refractivity contribution in [2.45, 2.75) is 57.7 Å². The summed E-state index contributed by atoms with van der Waals surface area (Å²) in [4.78, 5) is 11.8. The first-order valence-corrected chi connectivity index (χ1v) is 12.5. The Bertz CT molecular complexity index is 893. The maximum atomic E-state index is 12.9. The van der Waals surface area contributed by atoms with E-state index in [-0.39, 0.29) is 6.42 Å². The number of nitrogens with one attached hydrogen (secondary N) is 1. The van der Waals surface area contributed by atoms with Crippen molar-refractivity contribution in [1.82, 2.24) is 5.32 Å². The van der Waals surface area contributed by atoms with Crippen LogP contribution < -0.4 is 5.32 Å². The van der Waals surface area contributed by atoms with Crippen LogP contribution in [0.5, 0.6) is 0 Å². The molecule has 2 aromatic rings. The van der Waals surface area contributed by atoms with Gasteiger partial charge in [-0.25, -0.2) is 0 Å². The van der Waals surface area contributed by atoms with Crippen LogP contribution in [0.2, 0.25) is 0 Å². The molecule has 32 heavy (non-hydrogen) atoms. The standard InChI is InChI=1S/C17H18F3NOS2.C3H6O2.C3H8/c1-11(9-16(21-2)17(18,19)20)14-7-8-15(23-14)12-5-4-6-13(10-12)24(3)22;1-2-3(4)5;1-3-2/h4-10,16,21H,1-3H3;2H2,1H3,(H,4,5);3H2,1-2H3/b11-9+;;. The van der Waals surface area contributed by atoms with Gasteiger partial charge in [0.25, 0.3) is 0 Å². The van der Waals surface area contributed by atoms with Gasteiger partial charge in [-0.2, -0.15) is 13.2 Å². The Morgan fingerprint density at radius 1 is 1.22 bits per heavy atom. The molecule has 0 fully saturated rings. The van der Waals surface area contributed by atoms with Gasteiger partial charge in [-0.1, -0.05) is 45.4 Å². The summed E-state index contributed by atoms with van der Waals surface area (Å²) in [5.74, 6) is -0.745. The largest absolute Gasteiger partial charge is 0.481 e. The molecular formula is C23H32F3NO3S2. The number of hydrogen-bond donors (Lipinski definition) is 2. The Hall–Kier alpha value is -1.97. The number of allylic oxidation sites excluding steroid dienone is 1. The number of alkyl halides is 3. The highest BCUT2D eigenvalue weighted by atomic mass is 32.2. The Labute approximate surface area is 195 Å². The third kappa shape index (κ3) is 11.1. The summed E-state index contributed by atoms with van der Waals surface area (Å²) in [5, 5.41) is 9.99. The van der Waals surface area contributed by atoms with Crippen molar-refractivity contribution < 1.29 is 27.3 Å². The van der Waals surface area contributed by atoms with Gasteiger partial charge in [-0.05, 0) is 49.4 Å². The second kappa shape index (κ2) is 15.0. The first-order chi connectivity index (χ1) is 14.9. The molecule has 0 aliphatic carbocycles. The molecule has 2 rings (SSSR count). The van der Waals surface area contributed by atoms with Gasteiger partial charge in [0.1, 0.15) is 6.04 Å². The molecule has 0 saturated heterocycles. The molecule has 0 spiro atoms. The van der Waals surface area contributed by atoms with Gasteiger partial charge in [0.05, 0.1) is 0 Å². The lowest BCUT2D eigenvalue weighted by Crippen LogP contribution is -2.38. The van der Waals surface area contributed by atoms with Crippen LogP contribution in [0.25, 0.3) is 16.0 Å². The maximum Gasteiger partial charge on any atom is 0.407 e. The van der Waals surface area contributed by atoms with Crippen molar-refractivity contribution in [2.24, 2.45) is 0 Å². The first-order valence-electron chi connectivity index (χ1n) is 10.1. The number of likely N-dealkylation sites (N-methyl/N-ethyl adjacent to an activating group) is 1. The fraction of sp³-hybridized carbons (Fsp3) is 0.435. The van der Waals surface area contributed by atoms with Crippen molar-refractivity contribution in [3.05, 3.63) is 47.4 Å². The van der Waals surface area contributed by atoms with Crippen molar-refractivity contribution >= 4 is 33.7 Å². The number of hydrogen-bond acceptors (Lipinski definition) is 4. The van der Waals surface area contributed by atoms with E-state index in [0.717, 1.165) is 20.2 Å². The third-order valence-electron chi connectivity index (χ3n) is 3.83. The molecule has 2 atom stereocenters. The summed E-state index contributed by atoms with van der Waals surface area (Å²) in [5.41, 5.74) is 1.48. The monoisotopic (exact) mass is 491 g/mol. The number of carboxylic acids is 1. The summed E-state index contributed by atoms with van der Waals surface area (Å²) < 4.78 is 50.1. The lowest BCUT2D eigenvalue weighted by Gasteiger charge is -2.16. The summed E-state index contributed by atoms with van der Waals surface area (Å²) in [6, 6.07) is 9.37. The smallest absolute Gasteiger partial charge is 0.407 e. The minimum atomic E-state index is -4.32. The van der Waals surface area contributed by atoms with Crippen LogP contribution in [0.1, 0.15) is 45.4 Å². The lowest BCUT2D eigenvalue weighted by atomic mass is 10.1. The zero-order valence-corrected chi connectivity index (χ0v) is 20.9. The molecule has 0 bridgehead atoms. The molecule has 2 N–H and O–H groups in total. The Balaban J connectivity index is 0.00000104. The first kappa shape index (κ1) is 30.0. The molecule has 9 heteroatoms. The fourth-order valence-corrected chi connectivity index (χ4v) is 3.75.